The van der Waals surface area contributed by atoms with Crippen LogP contribution in [0, 0.1) is 18.6 Å². The number of ether oxygens (including phenoxy) is 1. The molecule has 1 aromatic heterocycles. The van der Waals surface area contributed by atoms with Crippen LogP contribution in [0.1, 0.15) is 35.5 Å². The number of rotatable bonds is 6. The summed E-state index contributed by atoms with van der Waals surface area (Å²) >= 11 is 0. The van der Waals surface area contributed by atoms with Crippen molar-refractivity contribution < 1.29 is 28.5 Å². The number of phenols is 1. The molecule has 0 radical (unpaired) electrons. The molecule has 0 aliphatic carbocycles. The van der Waals surface area contributed by atoms with E-state index in [4.69, 9.17) is 4.74 Å². The molecule has 0 atom stereocenters. The second-order valence-electron chi connectivity index (χ2n) is 9.01. The lowest BCUT2D eigenvalue weighted by Gasteiger charge is -2.28. The Morgan fingerprint density at radius 2 is 1.74 bits per heavy atom. The van der Waals surface area contributed by atoms with Crippen LogP contribution >= 0.6 is 0 Å². The number of methoxy groups -OCH3 is 1. The monoisotopic (exact) mass is 465 g/mol. The van der Waals surface area contributed by atoms with Gasteiger partial charge in [-0.15, -0.1) is 0 Å². The molecule has 0 bridgehead atoms. The summed E-state index contributed by atoms with van der Waals surface area (Å²) in [4.78, 5) is 11.4. The molecule has 0 amide bonds. The third-order valence-electron chi connectivity index (χ3n) is 5.97. The van der Waals surface area contributed by atoms with Gasteiger partial charge in [0.2, 0.25) is 0 Å². The Labute approximate surface area is 195 Å². The number of aromatic hydroxyl groups is 1. The van der Waals surface area contributed by atoms with Crippen LogP contribution in [0.5, 0.6) is 5.75 Å². The van der Waals surface area contributed by atoms with Crippen molar-refractivity contribution in [2.75, 3.05) is 13.7 Å². The number of phenolic OH excluding ortho intramolecular Hbond substituents is 1. The highest BCUT2D eigenvalue weighted by molar-refractivity contribution is 6.02. The van der Waals surface area contributed by atoms with Crippen molar-refractivity contribution in [1.82, 2.24) is 4.57 Å². The van der Waals surface area contributed by atoms with Gasteiger partial charge in [0.1, 0.15) is 17.4 Å². The predicted molar refractivity (Wildman–Crippen MR) is 127 cm³/mol. The van der Waals surface area contributed by atoms with Gasteiger partial charge in [0.25, 0.3) is 0 Å². The second kappa shape index (κ2) is 8.57. The minimum absolute atomic E-state index is 0.113. The first kappa shape index (κ1) is 23.4. The molecule has 0 aliphatic rings. The van der Waals surface area contributed by atoms with E-state index in [0.717, 1.165) is 6.07 Å². The third-order valence-corrected chi connectivity index (χ3v) is 5.97. The van der Waals surface area contributed by atoms with Gasteiger partial charge in [-0.2, -0.15) is 0 Å². The summed E-state index contributed by atoms with van der Waals surface area (Å²) in [7, 11) is 1.58. The second-order valence-corrected chi connectivity index (χ2v) is 9.01. The first-order valence-electron chi connectivity index (χ1n) is 10.7. The third kappa shape index (κ3) is 3.92. The van der Waals surface area contributed by atoms with Crippen LogP contribution in [0.4, 0.5) is 8.78 Å². The highest BCUT2D eigenvalue weighted by Gasteiger charge is 2.33. The number of hydrogen-bond acceptors (Lipinski definition) is 3. The maximum absolute atomic E-state index is 14.5. The fraction of sp³-hybridized carbons (Fsp3) is 0.222. The Kier molecular flexibility index (Phi) is 5.91. The van der Waals surface area contributed by atoms with Crippen LogP contribution in [0.15, 0.2) is 54.6 Å². The summed E-state index contributed by atoms with van der Waals surface area (Å²) in [5.41, 5.74) is 2.86. The van der Waals surface area contributed by atoms with E-state index in [-0.39, 0.29) is 17.1 Å². The number of carbonyl (C=O) groups is 1. The molecule has 0 aliphatic heterocycles. The zero-order valence-electron chi connectivity index (χ0n) is 19.3. The van der Waals surface area contributed by atoms with E-state index in [0.29, 0.717) is 45.6 Å². The van der Waals surface area contributed by atoms with E-state index in [1.54, 1.807) is 42.9 Å². The SMILES string of the molecule is COCC(C)(C)c1c(-c2ccc(F)c(C)c2)c2cc(F)cc(O)c2n1-c1ccc(C(=O)O)cc1. The maximum atomic E-state index is 14.5. The number of halogens is 2. The Hall–Kier alpha value is -3.71. The van der Waals surface area contributed by atoms with E-state index >= 15 is 0 Å². The van der Waals surface area contributed by atoms with E-state index < -0.39 is 17.2 Å². The molecule has 3 aromatic carbocycles. The molecular weight excluding hydrogens is 440 g/mol. The highest BCUT2D eigenvalue weighted by Crippen LogP contribution is 2.46. The van der Waals surface area contributed by atoms with Gasteiger partial charge >= 0.3 is 5.97 Å². The molecule has 1 heterocycles. The fourth-order valence-corrected chi connectivity index (χ4v) is 4.54. The van der Waals surface area contributed by atoms with Gasteiger partial charge in [-0.1, -0.05) is 19.9 Å². The standard InChI is InChI=1S/C27H25F2NO4/c1-15-11-17(7-10-21(15)29)23-20-12-18(28)13-22(31)24(20)30(25(23)27(2,3)14-34-4)19-8-5-16(6-9-19)26(32)33/h5-13,31H,14H2,1-4H3,(H,32,33). The molecule has 0 saturated carbocycles. The van der Waals surface area contributed by atoms with Crippen molar-refractivity contribution in [1.29, 1.82) is 0 Å². The smallest absolute Gasteiger partial charge is 0.335 e. The lowest BCUT2D eigenvalue weighted by Crippen LogP contribution is -2.27. The number of benzene rings is 3. The summed E-state index contributed by atoms with van der Waals surface area (Å²) in [6.07, 6.45) is 0. The largest absolute Gasteiger partial charge is 0.506 e. The zero-order chi connectivity index (χ0) is 24.8. The van der Waals surface area contributed by atoms with E-state index in [2.05, 4.69) is 0 Å². The zero-order valence-corrected chi connectivity index (χ0v) is 19.3. The van der Waals surface area contributed by atoms with Crippen molar-refractivity contribution >= 4 is 16.9 Å². The maximum Gasteiger partial charge on any atom is 0.335 e. The van der Waals surface area contributed by atoms with Crippen LogP contribution in [-0.4, -0.2) is 34.5 Å². The van der Waals surface area contributed by atoms with Crippen molar-refractivity contribution in [3.63, 3.8) is 0 Å². The number of carboxylic acids is 1. The first-order chi connectivity index (χ1) is 16.0. The highest BCUT2D eigenvalue weighted by atomic mass is 19.1. The summed E-state index contributed by atoms with van der Waals surface area (Å²) in [5.74, 6) is -2.30. The van der Waals surface area contributed by atoms with Crippen LogP contribution < -0.4 is 0 Å². The van der Waals surface area contributed by atoms with Gasteiger partial charge in [0.15, 0.2) is 0 Å². The van der Waals surface area contributed by atoms with Crippen molar-refractivity contribution in [2.45, 2.75) is 26.2 Å². The molecule has 0 fully saturated rings. The molecule has 4 aromatic rings. The van der Waals surface area contributed by atoms with E-state index in [1.807, 2.05) is 13.8 Å². The number of nitrogens with zero attached hydrogens (tertiary/aromatic N) is 1. The average molecular weight is 465 g/mol. The van der Waals surface area contributed by atoms with Gasteiger partial charge in [-0.05, 0) is 60.5 Å². The quantitative estimate of drug-likeness (QED) is 0.355. The van der Waals surface area contributed by atoms with E-state index in [9.17, 15) is 23.8 Å². The van der Waals surface area contributed by atoms with Crippen LogP contribution in [0.25, 0.3) is 27.7 Å². The molecule has 0 unspecified atom stereocenters. The number of aromatic nitrogens is 1. The number of fused-ring (bicyclic) bond motifs is 1. The summed E-state index contributed by atoms with van der Waals surface area (Å²) in [6, 6.07) is 13.3. The molecular formula is C27H25F2NO4. The molecule has 5 nitrogen and oxygen atoms in total. The lowest BCUT2D eigenvalue weighted by atomic mass is 9.84. The van der Waals surface area contributed by atoms with Crippen LogP contribution in [0.2, 0.25) is 0 Å². The average Bonchev–Trinajstić information content (AvgIpc) is 3.12. The van der Waals surface area contributed by atoms with Gasteiger partial charge in [0, 0.05) is 40.9 Å². The normalized spacial score (nSPS) is 11.8. The Morgan fingerprint density at radius 1 is 1.06 bits per heavy atom. The van der Waals surface area contributed by atoms with Crippen LogP contribution in [0.3, 0.4) is 0 Å². The molecule has 7 heteroatoms. The van der Waals surface area contributed by atoms with Crippen molar-refractivity contribution in [3.05, 3.63) is 83.1 Å². The summed E-state index contributed by atoms with van der Waals surface area (Å²) in [5, 5.41) is 20.6. The Balaban J connectivity index is 2.19. The van der Waals surface area contributed by atoms with Gasteiger partial charge in [0.05, 0.1) is 17.7 Å². The first-order valence-corrected chi connectivity index (χ1v) is 10.7. The van der Waals surface area contributed by atoms with Gasteiger partial charge in [-0.25, -0.2) is 13.6 Å². The molecule has 0 saturated heterocycles. The molecule has 4 rings (SSSR count). The van der Waals surface area contributed by atoms with Crippen molar-refractivity contribution in [2.24, 2.45) is 0 Å². The molecule has 2 N–H and O–H groups in total. The number of aromatic carboxylic acids is 1. The fourth-order valence-electron chi connectivity index (χ4n) is 4.54. The Morgan fingerprint density at radius 3 is 2.32 bits per heavy atom. The minimum atomic E-state index is -1.06. The van der Waals surface area contributed by atoms with Gasteiger partial charge < -0.3 is 19.5 Å². The number of aryl methyl sites for hydroxylation is 1. The Bertz CT molecular complexity index is 1400. The predicted octanol–water partition coefficient (Wildman–Crippen LogP) is 6.21. The summed E-state index contributed by atoms with van der Waals surface area (Å²) in [6.45, 7) is 5.87. The molecule has 0 spiro atoms. The van der Waals surface area contributed by atoms with E-state index in [1.165, 1.54) is 24.3 Å². The topological polar surface area (TPSA) is 71.7 Å². The summed E-state index contributed by atoms with van der Waals surface area (Å²) < 4.78 is 36.0. The van der Waals surface area contributed by atoms with Gasteiger partial charge in [-0.3, -0.25) is 0 Å². The van der Waals surface area contributed by atoms with Crippen molar-refractivity contribution in [3.8, 4) is 22.6 Å². The molecule has 176 valence electrons. The molecule has 34 heavy (non-hydrogen) atoms. The lowest BCUT2D eigenvalue weighted by molar-refractivity contribution is 0.0697. The minimum Gasteiger partial charge on any atom is -0.506 e. The number of carboxylic acid groups (broad SMARTS) is 1. The van der Waals surface area contributed by atoms with Crippen LogP contribution in [-0.2, 0) is 10.2 Å². The number of hydrogen-bond donors (Lipinski definition) is 2.